The van der Waals surface area contributed by atoms with Crippen molar-refractivity contribution in [2.24, 2.45) is 0 Å². The molecule has 32 heavy (non-hydrogen) atoms. The van der Waals surface area contributed by atoms with E-state index in [-0.39, 0.29) is 34.0 Å². The van der Waals surface area contributed by atoms with Crippen LogP contribution in [0.3, 0.4) is 0 Å². The molecule has 0 amide bonds. The van der Waals surface area contributed by atoms with Gasteiger partial charge in [-0.15, -0.1) is 0 Å². The Bertz CT molecular complexity index is 1170. The topological polar surface area (TPSA) is 90.5 Å². The maximum atomic E-state index is 13.8. The van der Waals surface area contributed by atoms with Crippen molar-refractivity contribution in [3.63, 3.8) is 0 Å². The fourth-order valence-electron chi connectivity index (χ4n) is 3.98. The fourth-order valence-corrected chi connectivity index (χ4v) is 3.98. The average molecular weight is 430 g/mol. The van der Waals surface area contributed by atoms with E-state index in [0.717, 1.165) is 18.5 Å². The van der Waals surface area contributed by atoms with Gasteiger partial charge in [-0.05, 0) is 49.2 Å². The smallest absolute Gasteiger partial charge is 0.200 e. The lowest BCUT2D eigenvalue weighted by atomic mass is 9.80. The molecule has 164 valence electrons. The van der Waals surface area contributed by atoms with Crippen LogP contribution >= 0.6 is 0 Å². The summed E-state index contributed by atoms with van der Waals surface area (Å²) in [5.74, 6) is -0.839. The summed E-state index contributed by atoms with van der Waals surface area (Å²) in [5.41, 5.74) is 3.40. The van der Waals surface area contributed by atoms with Gasteiger partial charge in [-0.3, -0.25) is 9.59 Å². The third kappa shape index (κ3) is 3.80. The number of ketones is 2. The van der Waals surface area contributed by atoms with E-state index in [1.807, 2.05) is 50.2 Å². The summed E-state index contributed by atoms with van der Waals surface area (Å²) in [6.45, 7) is 5.39. The lowest BCUT2D eigenvalue weighted by Crippen LogP contribution is -2.25. The zero-order valence-electron chi connectivity index (χ0n) is 18.3. The van der Waals surface area contributed by atoms with Gasteiger partial charge in [-0.25, -0.2) is 0 Å². The summed E-state index contributed by atoms with van der Waals surface area (Å²) in [6, 6.07) is 16.2. The molecule has 0 aliphatic heterocycles. The number of aromatic hydroxyl groups is 1. The van der Waals surface area contributed by atoms with Gasteiger partial charge in [0, 0.05) is 30.2 Å². The normalized spacial score (nSPS) is 12.2. The molecule has 0 atom stereocenters. The van der Waals surface area contributed by atoms with E-state index in [1.165, 1.54) is 6.07 Å². The Kier molecular flexibility index (Phi) is 6.12. The third-order valence-electron chi connectivity index (χ3n) is 5.48. The van der Waals surface area contributed by atoms with Gasteiger partial charge in [0.25, 0.3) is 0 Å². The van der Waals surface area contributed by atoms with E-state index < -0.39 is 0 Å². The number of carbonyl (C=O) groups excluding carboxylic acids is 2. The maximum absolute atomic E-state index is 13.8. The van der Waals surface area contributed by atoms with Crippen LogP contribution in [-0.2, 0) is 0 Å². The van der Waals surface area contributed by atoms with Crippen LogP contribution in [0.15, 0.2) is 54.6 Å². The highest BCUT2D eigenvalue weighted by molar-refractivity contribution is 6.34. The number of hydrogen-bond acceptors (Lipinski definition) is 6. The lowest BCUT2D eigenvalue weighted by Gasteiger charge is -2.26. The summed E-state index contributed by atoms with van der Waals surface area (Å²) in [4.78, 5) is 27.5. The predicted molar refractivity (Wildman–Crippen MR) is 129 cm³/mol. The molecule has 0 unspecified atom stereocenters. The summed E-state index contributed by atoms with van der Waals surface area (Å²) < 4.78 is 0. The minimum Gasteiger partial charge on any atom is -0.507 e. The first-order chi connectivity index (χ1) is 15.6. The number of hydrogen-bond donors (Lipinski definition) is 4. The quantitative estimate of drug-likeness (QED) is 0.274. The Hall–Kier alpha value is -3.80. The Morgan fingerprint density at radius 1 is 0.656 bits per heavy atom. The molecule has 0 aromatic heterocycles. The van der Waals surface area contributed by atoms with E-state index >= 15 is 0 Å². The standard InChI is InChI=1S/C26H27N3O3/c1-3-14-27-17-10-11-19(29-16-8-6-5-7-9-16)23-21(17)25(31)22-18(28-15-4-2)12-13-20(30)24(22)26(23)32/h5-13,27-30H,3-4,14-15H2,1-2H3. The SMILES string of the molecule is CCCNc1ccc(O)c2c1C(=O)c1c(NCCC)ccc(Nc3ccccc3)c1C2=O. The molecule has 6 heteroatoms. The van der Waals surface area contributed by atoms with E-state index in [9.17, 15) is 14.7 Å². The highest BCUT2D eigenvalue weighted by Crippen LogP contribution is 2.42. The number of fused-ring (bicyclic) bond motifs is 2. The molecule has 3 aromatic carbocycles. The molecule has 0 spiro atoms. The number of anilines is 4. The van der Waals surface area contributed by atoms with E-state index in [2.05, 4.69) is 16.0 Å². The third-order valence-corrected chi connectivity index (χ3v) is 5.48. The summed E-state index contributed by atoms with van der Waals surface area (Å²) in [7, 11) is 0. The molecule has 1 aliphatic carbocycles. The van der Waals surface area contributed by atoms with Gasteiger partial charge in [-0.1, -0.05) is 32.0 Å². The Morgan fingerprint density at radius 2 is 1.16 bits per heavy atom. The zero-order valence-corrected chi connectivity index (χ0v) is 18.3. The van der Waals surface area contributed by atoms with Gasteiger partial charge in [0.1, 0.15) is 5.75 Å². The first-order valence-corrected chi connectivity index (χ1v) is 11.0. The predicted octanol–water partition coefficient (Wildman–Crippen LogP) is 5.56. The molecule has 0 saturated carbocycles. The van der Waals surface area contributed by atoms with E-state index in [1.54, 1.807) is 12.1 Å². The minimum atomic E-state index is -0.370. The average Bonchev–Trinajstić information content (AvgIpc) is 2.81. The van der Waals surface area contributed by atoms with Crippen molar-refractivity contribution < 1.29 is 14.7 Å². The van der Waals surface area contributed by atoms with Gasteiger partial charge < -0.3 is 21.1 Å². The van der Waals surface area contributed by atoms with Crippen molar-refractivity contribution in [1.82, 2.24) is 0 Å². The van der Waals surface area contributed by atoms with Crippen molar-refractivity contribution in [2.45, 2.75) is 26.7 Å². The molecule has 0 fully saturated rings. The lowest BCUT2D eigenvalue weighted by molar-refractivity contribution is 0.0978. The van der Waals surface area contributed by atoms with Crippen molar-refractivity contribution in [3.05, 3.63) is 76.9 Å². The first-order valence-electron chi connectivity index (χ1n) is 11.0. The second-order valence-electron chi connectivity index (χ2n) is 7.80. The van der Waals surface area contributed by atoms with Crippen molar-refractivity contribution in [3.8, 4) is 5.75 Å². The molecule has 0 heterocycles. The number of nitrogens with one attached hydrogen (secondary N) is 3. The van der Waals surface area contributed by atoms with Gasteiger partial charge >= 0.3 is 0 Å². The number of phenolic OH excluding ortho intramolecular Hbond substituents is 1. The molecule has 0 saturated heterocycles. The summed E-state index contributed by atoms with van der Waals surface area (Å²) >= 11 is 0. The first kappa shape index (κ1) is 21.4. The van der Waals surface area contributed by atoms with Crippen LogP contribution in [0.4, 0.5) is 22.7 Å². The second kappa shape index (κ2) is 9.14. The van der Waals surface area contributed by atoms with E-state index in [0.29, 0.717) is 35.7 Å². The molecule has 6 nitrogen and oxygen atoms in total. The molecule has 0 radical (unpaired) electrons. The van der Waals surface area contributed by atoms with Crippen LogP contribution in [0.2, 0.25) is 0 Å². The van der Waals surface area contributed by atoms with Crippen LogP contribution in [0.25, 0.3) is 0 Å². The van der Waals surface area contributed by atoms with Crippen LogP contribution in [-0.4, -0.2) is 29.8 Å². The van der Waals surface area contributed by atoms with Crippen molar-refractivity contribution in [2.75, 3.05) is 29.0 Å². The Morgan fingerprint density at radius 3 is 1.78 bits per heavy atom. The highest BCUT2D eigenvalue weighted by atomic mass is 16.3. The molecular weight excluding hydrogens is 402 g/mol. The summed E-state index contributed by atoms with van der Waals surface area (Å²) in [6.07, 6.45) is 1.74. The number of carbonyl (C=O) groups is 2. The number of para-hydroxylation sites is 1. The van der Waals surface area contributed by atoms with Crippen LogP contribution in [0, 0.1) is 0 Å². The Labute approximate surface area is 187 Å². The molecule has 3 aromatic rings. The van der Waals surface area contributed by atoms with Crippen molar-refractivity contribution >= 4 is 34.3 Å². The van der Waals surface area contributed by atoms with Crippen LogP contribution in [0.1, 0.15) is 58.5 Å². The molecule has 0 bridgehead atoms. The number of benzene rings is 3. The highest BCUT2D eigenvalue weighted by Gasteiger charge is 2.37. The van der Waals surface area contributed by atoms with Gasteiger partial charge in [-0.2, -0.15) is 0 Å². The number of phenols is 1. The number of rotatable bonds is 8. The monoisotopic (exact) mass is 429 g/mol. The summed E-state index contributed by atoms with van der Waals surface area (Å²) in [5, 5.41) is 20.4. The second-order valence-corrected chi connectivity index (χ2v) is 7.80. The zero-order chi connectivity index (χ0) is 22.7. The molecule has 1 aliphatic rings. The van der Waals surface area contributed by atoms with Crippen molar-refractivity contribution in [1.29, 1.82) is 0 Å². The molecule has 4 N–H and O–H groups in total. The van der Waals surface area contributed by atoms with Crippen LogP contribution in [0.5, 0.6) is 5.75 Å². The fraction of sp³-hybridized carbons (Fsp3) is 0.231. The largest absolute Gasteiger partial charge is 0.507 e. The van der Waals surface area contributed by atoms with Gasteiger partial charge in [0.15, 0.2) is 11.6 Å². The van der Waals surface area contributed by atoms with Gasteiger partial charge in [0.2, 0.25) is 0 Å². The van der Waals surface area contributed by atoms with Crippen LogP contribution < -0.4 is 16.0 Å². The minimum absolute atomic E-state index is 0.0485. The molecule has 4 rings (SSSR count). The van der Waals surface area contributed by atoms with Gasteiger partial charge in [0.05, 0.1) is 27.9 Å². The molecular formula is C26H27N3O3. The maximum Gasteiger partial charge on any atom is 0.200 e. The van der Waals surface area contributed by atoms with E-state index in [4.69, 9.17) is 0 Å². The Balaban J connectivity index is 1.91.